The summed E-state index contributed by atoms with van der Waals surface area (Å²) in [6, 6.07) is -0.511. The quantitative estimate of drug-likeness (QED) is 0.812. The van der Waals surface area contributed by atoms with Crippen molar-refractivity contribution in [2.24, 2.45) is 11.8 Å². The van der Waals surface area contributed by atoms with Gasteiger partial charge in [0.2, 0.25) is 17.7 Å². The van der Waals surface area contributed by atoms with Crippen molar-refractivity contribution >= 4 is 17.7 Å². The highest BCUT2D eigenvalue weighted by Gasteiger charge is 2.36. The molecule has 1 N–H and O–H groups in total. The Kier molecular flexibility index (Phi) is 6.71. The predicted octanol–water partition coefficient (Wildman–Crippen LogP) is 1.88. The average Bonchev–Trinajstić information content (AvgIpc) is 2.88. The second-order valence-corrected chi connectivity index (χ2v) is 8.41. The number of carbonyl (C=O) groups is 3. The number of rotatable bonds is 3. The molecule has 0 aromatic rings. The van der Waals surface area contributed by atoms with Crippen LogP contribution < -0.4 is 5.32 Å². The van der Waals surface area contributed by atoms with Crippen molar-refractivity contribution in [2.75, 3.05) is 26.3 Å². The molecule has 0 spiro atoms. The van der Waals surface area contributed by atoms with Crippen LogP contribution in [0.2, 0.25) is 0 Å². The molecule has 0 radical (unpaired) electrons. The Morgan fingerprint density at radius 3 is 2.67 bits per heavy atom. The summed E-state index contributed by atoms with van der Waals surface area (Å²) in [6.45, 7) is 3.39. The summed E-state index contributed by atoms with van der Waals surface area (Å²) in [5.41, 5.74) is 0. The SMILES string of the molecule is C[C@@H]1CN(C(=O)[C@@H]2CCC[C@H](CF)C2)CCCN1C(=O)[C@H]1CCCC(=O)N1. The van der Waals surface area contributed by atoms with E-state index < -0.39 is 6.04 Å². The van der Waals surface area contributed by atoms with Crippen molar-refractivity contribution in [3.8, 4) is 0 Å². The van der Waals surface area contributed by atoms with E-state index in [1.54, 1.807) is 0 Å². The third-order valence-electron chi connectivity index (χ3n) is 6.32. The number of alkyl halides is 1. The Hall–Kier alpha value is -1.66. The number of nitrogens with one attached hydrogen (secondary N) is 1. The molecule has 7 heteroatoms. The summed E-state index contributed by atoms with van der Waals surface area (Å²) >= 11 is 0. The van der Waals surface area contributed by atoms with Gasteiger partial charge in [0, 0.05) is 38.0 Å². The van der Waals surface area contributed by atoms with Gasteiger partial charge in [0.15, 0.2) is 0 Å². The van der Waals surface area contributed by atoms with Crippen LogP contribution in [0.15, 0.2) is 0 Å². The standard InChI is InChI=1S/C20H32FN3O3/c1-14-13-23(19(26)16-6-2-5-15(11-16)12-21)9-4-10-24(14)20(27)17-7-3-8-18(25)22-17/h14-17H,2-13H2,1H3,(H,22,25)/t14-,15+,16-,17-/m1/s1. The molecule has 3 rings (SSSR count). The minimum Gasteiger partial charge on any atom is -0.344 e. The van der Waals surface area contributed by atoms with Gasteiger partial charge >= 0.3 is 0 Å². The van der Waals surface area contributed by atoms with E-state index in [1.807, 2.05) is 16.7 Å². The van der Waals surface area contributed by atoms with Gasteiger partial charge in [-0.2, -0.15) is 0 Å². The van der Waals surface area contributed by atoms with Crippen LogP contribution in [-0.4, -0.2) is 65.9 Å². The van der Waals surface area contributed by atoms with Crippen molar-refractivity contribution in [3.63, 3.8) is 0 Å². The van der Waals surface area contributed by atoms with Crippen molar-refractivity contribution in [2.45, 2.75) is 70.4 Å². The van der Waals surface area contributed by atoms with E-state index in [2.05, 4.69) is 5.32 Å². The lowest BCUT2D eigenvalue weighted by molar-refractivity contribution is -0.141. The van der Waals surface area contributed by atoms with Crippen LogP contribution in [0.4, 0.5) is 4.39 Å². The molecule has 4 atom stereocenters. The van der Waals surface area contributed by atoms with E-state index in [0.29, 0.717) is 38.9 Å². The number of hydrogen-bond acceptors (Lipinski definition) is 3. The zero-order valence-corrected chi connectivity index (χ0v) is 16.3. The molecule has 0 bridgehead atoms. The number of hydrogen-bond donors (Lipinski definition) is 1. The Morgan fingerprint density at radius 2 is 1.93 bits per heavy atom. The molecule has 1 saturated carbocycles. The van der Waals surface area contributed by atoms with Crippen molar-refractivity contribution in [3.05, 3.63) is 0 Å². The number of carbonyl (C=O) groups excluding carboxylic acids is 3. The van der Waals surface area contributed by atoms with Gasteiger partial charge in [0.05, 0.1) is 6.67 Å². The van der Waals surface area contributed by atoms with E-state index >= 15 is 0 Å². The zero-order chi connectivity index (χ0) is 19.4. The van der Waals surface area contributed by atoms with Crippen molar-refractivity contribution in [1.82, 2.24) is 15.1 Å². The monoisotopic (exact) mass is 381 g/mol. The molecule has 2 saturated heterocycles. The van der Waals surface area contributed by atoms with Crippen molar-refractivity contribution < 1.29 is 18.8 Å². The Labute approximate surface area is 160 Å². The van der Waals surface area contributed by atoms with E-state index in [-0.39, 0.29) is 42.3 Å². The van der Waals surface area contributed by atoms with Crippen LogP contribution in [0.1, 0.15) is 58.3 Å². The summed E-state index contributed by atoms with van der Waals surface area (Å²) in [5, 5.41) is 2.81. The van der Waals surface area contributed by atoms with E-state index in [4.69, 9.17) is 0 Å². The molecule has 3 amide bonds. The largest absolute Gasteiger partial charge is 0.344 e. The zero-order valence-electron chi connectivity index (χ0n) is 16.3. The first-order valence-electron chi connectivity index (χ1n) is 10.4. The highest BCUT2D eigenvalue weighted by atomic mass is 19.1. The maximum Gasteiger partial charge on any atom is 0.245 e. The van der Waals surface area contributed by atoms with Gasteiger partial charge in [-0.3, -0.25) is 18.8 Å². The summed E-state index contributed by atoms with van der Waals surface area (Å²) in [4.78, 5) is 41.2. The van der Waals surface area contributed by atoms with Crippen LogP contribution in [0.5, 0.6) is 0 Å². The van der Waals surface area contributed by atoms with Crippen LogP contribution >= 0.6 is 0 Å². The molecule has 2 heterocycles. The van der Waals surface area contributed by atoms with Crippen LogP contribution in [-0.2, 0) is 14.4 Å². The average molecular weight is 381 g/mol. The summed E-state index contributed by atoms with van der Waals surface area (Å²) in [7, 11) is 0. The Morgan fingerprint density at radius 1 is 1.11 bits per heavy atom. The number of nitrogens with zero attached hydrogens (tertiary/aromatic N) is 2. The fourth-order valence-electron chi connectivity index (χ4n) is 4.79. The first-order chi connectivity index (χ1) is 13.0. The van der Waals surface area contributed by atoms with Crippen LogP contribution in [0.25, 0.3) is 0 Å². The Bertz CT molecular complexity index is 571. The normalized spacial score (nSPS) is 32.6. The second-order valence-electron chi connectivity index (χ2n) is 8.41. The molecule has 152 valence electrons. The van der Waals surface area contributed by atoms with E-state index in [9.17, 15) is 18.8 Å². The molecule has 3 fully saturated rings. The van der Waals surface area contributed by atoms with E-state index in [1.165, 1.54) is 0 Å². The molecule has 6 nitrogen and oxygen atoms in total. The van der Waals surface area contributed by atoms with Gasteiger partial charge in [-0.15, -0.1) is 0 Å². The van der Waals surface area contributed by atoms with Gasteiger partial charge < -0.3 is 15.1 Å². The lowest BCUT2D eigenvalue weighted by Gasteiger charge is -2.35. The smallest absolute Gasteiger partial charge is 0.245 e. The number of piperidine rings is 1. The lowest BCUT2D eigenvalue weighted by atomic mass is 9.81. The number of amides is 3. The lowest BCUT2D eigenvalue weighted by Crippen LogP contribution is -2.54. The molecule has 0 aromatic heterocycles. The van der Waals surface area contributed by atoms with Gasteiger partial charge in [-0.05, 0) is 51.4 Å². The highest BCUT2D eigenvalue weighted by Crippen LogP contribution is 2.31. The number of halogens is 1. The molecular formula is C20H32FN3O3. The summed E-state index contributed by atoms with van der Waals surface area (Å²) < 4.78 is 13.0. The molecule has 27 heavy (non-hydrogen) atoms. The summed E-state index contributed by atoms with van der Waals surface area (Å²) in [6.07, 6.45) is 5.95. The predicted molar refractivity (Wildman–Crippen MR) is 99.6 cm³/mol. The molecule has 0 aromatic carbocycles. The topological polar surface area (TPSA) is 69.7 Å². The summed E-state index contributed by atoms with van der Waals surface area (Å²) in [5.74, 6) is -0.0180. The molecule has 3 aliphatic rings. The third kappa shape index (κ3) is 4.79. The maximum absolute atomic E-state index is 13.0. The van der Waals surface area contributed by atoms with Gasteiger partial charge in [0.1, 0.15) is 6.04 Å². The first-order valence-corrected chi connectivity index (χ1v) is 10.4. The highest BCUT2D eigenvalue weighted by molar-refractivity contribution is 5.89. The van der Waals surface area contributed by atoms with Gasteiger partial charge in [0.25, 0.3) is 0 Å². The second kappa shape index (κ2) is 9.02. The Balaban J connectivity index is 1.60. The molecular weight excluding hydrogens is 349 g/mol. The molecule has 1 aliphatic carbocycles. The van der Waals surface area contributed by atoms with Gasteiger partial charge in [-0.1, -0.05) is 6.42 Å². The molecule has 0 unspecified atom stereocenters. The van der Waals surface area contributed by atoms with Gasteiger partial charge in [-0.25, -0.2) is 0 Å². The van der Waals surface area contributed by atoms with Crippen molar-refractivity contribution in [1.29, 1.82) is 0 Å². The van der Waals surface area contributed by atoms with E-state index in [0.717, 1.165) is 32.1 Å². The maximum atomic E-state index is 13.0. The minimum atomic E-state index is -0.431. The fraction of sp³-hybridized carbons (Fsp3) is 0.850. The minimum absolute atomic E-state index is 0.0186. The third-order valence-corrected chi connectivity index (χ3v) is 6.32. The van der Waals surface area contributed by atoms with Crippen LogP contribution in [0.3, 0.4) is 0 Å². The molecule has 2 aliphatic heterocycles. The fourth-order valence-corrected chi connectivity index (χ4v) is 4.79. The first kappa shape index (κ1) is 20.1. The van der Waals surface area contributed by atoms with Crippen LogP contribution in [0, 0.1) is 11.8 Å².